The third kappa shape index (κ3) is 21.5. The Morgan fingerprint density at radius 1 is 0.491 bits per heavy atom. The van der Waals surface area contributed by atoms with Crippen molar-refractivity contribution in [1.29, 1.82) is 0 Å². The molecule has 0 radical (unpaired) electrons. The SMILES string of the molecule is CC(C)CC1(C(C)(F)F)CC1.CC(C)CC1CC(C)(F)C1.CC(C)CC1CC1(F)F.CC(C)CC1CCC(C)(F)CC1.CC(C)CC1CCC(F)(F)C1. The fourth-order valence-electron chi connectivity index (χ4n) is 8.92. The molecular weight excluding hydrogens is 692 g/mol. The molecule has 0 N–H and O–H groups in total. The van der Waals surface area contributed by atoms with Crippen LogP contribution in [0.15, 0.2) is 0 Å². The van der Waals surface area contributed by atoms with Crippen molar-refractivity contribution in [1.82, 2.24) is 0 Å². The summed E-state index contributed by atoms with van der Waals surface area (Å²) in [5.41, 5.74) is -2.30. The lowest BCUT2D eigenvalue weighted by atomic mass is 9.70. The highest BCUT2D eigenvalue weighted by Gasteiger charge is 2.58. The quantitative estimate of drug-likeness (QED) is 0.183. The predicted molar refractivity (Wildman–Crippen MR) is 209 cm³/mol. The van der Waals surface area contributed by atoms with Gasteiger partial charge in [0.25, 0.3) is 11.8 Å². The molecular formula is C45H82F8. The smallest absolute Gasteiger partial charge is 0.244 e. The maximum atomic E-state index is 13.4. The summed E-state index contributed by atoms with van der Waals surface area (Å²) >= 11 is 0. The van der Waals surface area contributed by atoms with E-state index >= 15 is 0 Å². The standard InChI is InChI=1S/C11H21F.2C9H16F2.C9H17F.C7H12F2/c1-9(2)8-10-4-6-11(3,12)7-5-10;1-7(2)6-9(4-5-9)8(3,10)11;1-7(2)5-8-3-4-9(10,11)6-8;1-7(2)4-8-5-9(3,10)6-8;1-5(2)3-6-4-7(6,8)9/h9-10H,4-8H2,1-3H3;7H,4-6H2,1-3H3;7-8H,3-6H2,1-2H3;7-8H,4-6H2,1-3H3;5-6H,3-4H2,1-2H3. The van der Waals surface area contributed by atoms with Crippen LogP contribution in [0.3, 0.4) is 0 Å². The Morgan fingerprint density at radius 2 is 0.887 bits per heavy atom. The van der Waals surface area contributed by atoms with Crippen molar-refractivity contribution in [2.75, 3.05) is 0 Å². The summed E-state index contributed by atoms with van der Waals surface area (Å²) in [7, 11) is 0. The first-order valence-corrected chi connectivity index (χ1v) is 21.4. The first kappa shape index (κ1) is 50.5. The molecule has 2 unspecified atom stereocenters. The van der Waals surface area contributed by atoms with Crippen LogP contribution in [-0.2, 0) is 0 Å². The molecule has 0 aliphatic heterocycles. The van der Waals surface area contributed by atoms with E-state index in [1.165, 1.54) is 12.8 Å². The molecule has 0 aromatic carbocycles. The Kier molecular flexibility index (Phi) is 19.7. The van der Waals surface area contributed by atoms with Crippen LogP contribution >= 0.6 is 0 Å². The number of alkyl halides is 8. The zero-order chi connectivity index (χ0) is 41.2. The van der Waals surface area contributed by atoms with E-state index in [1.807, 2.05) is 27.7 Å². The molecule has 5 saturated carbocycles. The van der Waals surface area contributed by atoms with E-state index in [4.69, 9.17) is 0 Å². The van der Waals surface area contributed by atoms with Gasteiger partial charge in [0, 0.05) is 30.6 Å². The molecule has 5 aliphatic carbocycles. The van der Waals surface area contributed by atoms with Gasteiger partial charge in [-0.25, -0.2) is 35.1 Å². The monoisotopic (exact) mass is 775 g/mol. The lowest BCUT2D eigenvalue weighted by molar-refractivity contribution is -0.0624. The molecule has 5 fully saturated rings. The van der Waals surface area contributed by atoms with Gasteiger partial charge in [0.15, 0.2) is 0 Å². The highest BCUT2D eigenvalue weighted by Crippen LogP contribution is 2.60. The number of hydrogen-bond donors (Lipinski definition) is 0. The molecule has 2 atom stereocenters. The molecule has 0 spiro atoms. The average molecular weight is 775 g/mol. The minimum atomic E-state index is -2.46. The van der Waals surface area contributed by atoms with Crippen LogP contribution in [-0.4, -0.2) is 29.1 Å². The molecule has 5 rings (SSSR count). The van der Waals surface area contributed by atoms with Crippen molar-refractivity contribution in [2.45, 2.75) is 228 Å². The van der Waals surface area contributed by atoms with Gasteiger partial charge in [-0.2, -0.15) is 0 Å². The largest absolute Gasteiger partial charge is 0.251 e. The number of halogens is 8. The van der Waals surface area contributed by atoms with Crippen LogP contribution in [0.1, 0.15) is 199 Å². The van der Waals surface area contributed by atoms with Gasteiger partial charge in [-0.3, -0.25) is 0 Å². The summed E-state index contributed by atoms with van der Waals surface area (Å²) in [6.45, 7) is 25.6. The Hall–Kier alpha value is -0.560. The second-order valence-corrected chi connectivity index (χ2v) is 21.0. The zero-order valence-corrected chi connectivity index (χ0v) is 36.2. The van der Waals surface area contributed by atoms with E-state index in [0.717, 1.165) is 76.0 Å². The minimum absolute atomic E-state index is 0.115. The van der Waals surface area contributed by atoms with Gasteiger partial charge in [0.05, 0.1) is 0 Å². The van der Waals surface area contributed by atoms with Crippen molar-refractivity contribution in [2.24, 2.45) is 58.7 Å². The second-order valence-electron chi connectivity index (χ2n) is 21.0. The molecule has 0 heterocycles. The molecule has 0 aromatic heterocycles. The summed E-state index contributed by atoms with van der Waals surface area (Å²) in [5.74, 6) is -2.76. The molecule has 318 valence electrons. The predicted octanol–water partition coefficient (Wildman–Crippen LogP) is 16.7. The maximum absolute atomic E-state index is 13.4. The van der Waals surface area contributed by atoms with Crippen LogP contribution in [0.25, 0.3) is 0 Å². The Labute approximate surface area is 321 Å². The van der Waals surface area contributed by atoms with Crippen LogP contribution in [0.2, 0.25) is 0 Å². The molecule has 8 heteroatoms. The minimum Gasteiger partial charge on any atom is -0.244 e. The van der Waals surface area contributed by atoms with E-state index in [0.29, 0.717) is 49.4 Å². The van der Waals surface area contributed by atoms with Crippen LogP contribution in [0, 0.1) is 58.7 Å². The van der Waals surface area contributed by atoms with Crippen molar-refractivity contribution in [3.63, 3.8) is 0 Å². The summed E-state index contributed by atoms with van der Waals surface area (Å²) in [5, 5.41) is 0. The summed E-state index contributed by atoms with van der Waals surface area (Å²) in [6, 6.07) is 0. The third-order valence-electron chi connectivity index (χ3n) is 11.8. The third-order valence-corrected chi connectivity index (χ3v) is 11.8. The molecule has 5 aliphatic rings. The fourth-order valence-corrected chi connectivity index (χ4v) is 8.92. The molecule has 0 nitrogen and oxygen atoms in total. The van der Waals surface area contributed by atoms with Crippen molar-refractivity contribution in [3.05, 3.63) is 0 Å². The second kappa shape index (κ2) is 20.7. The van der Waals surface area contributed by atoms with E-state index < -0.39 is 34.5 Å². The molecule has 0 saturated heterocycles. The van der Waals surface area contributed by atoms with Gasteiger partial charge in [0.2, 0.25) is 5.92 Å². The van der Waals surface area contributed by atoms with Gasteiger partial charge in [0.1, 0.15) is 11.3 Å². The normalized spacial score (nSPS) is 32.0. The van der Waals surface area contributed by atoms with Crippen molar-refractivity contribution < 1.29 is 35.1 Å². The molecule has 0 bridgehead atoms. The van der Waals surface area contributed by atoms with E-state index in [-0.39, 0.29) is 31.1 Å². The van der Waals surface area contributed by atoms with Crippen molar-refractivity contribution in [3.8, 4) is 0 Å². The Bertz CT molecular complexity index is 982. The Balaban J connectivity index is 0.000000332. The van der Waals surface area contributed by atoms with Crippen LogP contribution in [0.5, 0.6) is 0 Å². The molecule has 53 heavy (non-hydrogen) atoms. The fraction of sp³-hybridized carbons (Fsp3) is 1.00. The van der Waals surface area contributed by atoms with Crippen LogP contribution in [0.4, 0.5) is 35.1 Å². The average Bonchev–Trinajstić information content (AvgIpc) is 3.80. The highest BCUT2D eigenvalue weighted by molar-refractivity contribution is 5.02. The zero-order valence-electron chi connectivity index (χ0n) is 36.2. The topological polar surface area (TPSA) is 0 Å². The first-order valence-electron chi connectivity index (χ1n) is 21.4. The van der Waals surface area contributed by atoms with Gasteiger partial charge in [-0.15, -0.1) is 0 Å². The first-order chi connectivity index (χ1) is 23.9. The number of hydrogen-bond acceptors (Lipinski definition) is 0. The van der Waals surface area contributed by atoms with E-state index in [2.05, 4.69) is 41.5 Å². The maximum Gasteiger partial charge on any atom is 0.251 e. The summed E-state index contributed by atoms with van der Waals surface area (Å²) in [6.07, 6.45) is 12.7. The van der Waals surface area contributed by atoms with E-state index in [1.54, 1.807) is 13.8 Å². The van der Waals surface area contributed by atoms with Gasteiger partial charge < -0.3 is 0 Å². The Morgan fingerprint density at radius 3 is 1.15 bits per heavy atom. The highest BCUT2D eigenvalue weighted by atomic mass is 19.3. The molecule has 0 aromatic rings. The van der Waals surface area contributed by atoms with Gasteiger partial charge >= 0.3 is 0 Å². The lowest BCUT2D eigenvalue weighted by Gasteiger charge is -2.39. The van der Waals surface area contributed by atoms with Crippen LogP contribution < -0.4 is 0 Å². The lowest BCUT2D eigenvalue weighted by Crippen LogP contribution is -2.37. The summed E-state index contributed by atoms with van der Waals surface area (Å²) in [4.78, 5) is 0. The van der Waals surface area contributed by atoms with Gasteiger partial charge in [-0.1, -0.05) is 69.2 Å². The van der Waals surface area contributed by atoms with Crippen molar-refractivity contribution >= 4 is 0 Å². The number of rotatable bonds is 11. The van der Waals surface area contributed by atoms with Gasteiger partial charge in [-0.05, 0) is 158 Å². The van der Waals surface area contributed by atoms with E-state index in [9.17, 15) is 35.1 Å². The summed E-state index contributed by atoms with van der Waals surface area (Å²) < 4.78 is 102. The molecule has 0 amide bonds.